The summed E-state index contributed by atoms with van der Waals surface area (Å²) in [6, 6.07) is -0.441. The van der Waals surface area contributed by atoms with Gasteiger partial charge in [0.05, 0.1) is 0 Å². The van der Waals surface area contributed by atoms with E-state index in [0.717, 1.165) is 11.3 Å². The Morgan fingerprint density at radius 2 is 1.43 bits per heavy atom. The molecular weight excluding hydrogens is 341 g/mol. The molecule has 0 aromatic rings. The highest BCUT2D eigenvalue weighted by atomic mass is 35.5. The van der Waals surface area contributed by atoms with Gasteiger partial charge in [0.15, 0.2) is 0 Å². The average molecular weight is 368 g/mol. The van der Waals surface area contributed by atoms with Crippen LogP contribution in [0.5, 0.6) is 0 Å². The Bertz CT molecular complexity index is 424. The number of hydrogen-bond donors (Lipinski definition) is 0. The summed E-state index contributed by atoms with van der Waals surface area (Å²) >= 11 is 12.4. The van der Waals surface area contributed by atoms with Gasteiger partial charge in [-0.25, -0.2) is 14.5 Å². The average Bonchev–Trinajstić information content (AvgIpc) is 2.21. The molecule has 0 bridgehead atoms. The summed E-state index contributed by atoms with van der Waals surface area (Å²) in [4.78, 5) is 26.0. The highest BCUT2D eigenvalue weighted by molar-refractivity contribution is 6.48. The summed E-state index contributed by atoms with van der Waals surface area (Å²) < 4.78 is 9.76. The molecule has 1 atom stereocenters. The van der Waals surface area contributed by atoms with Crippen LogP contribution in [0, 0.1) is 0 Å². The summed E-state index contributed by atoms with van der Waals surface area (Å²) in [5, 5.41) is 0. The normalized spacial score (nSPS) is 21.5. The summed E-state index contributed by atoms with van der Waals surface area (Å²) in [6.45, 7) is 10.5. The first-order valence-electron chi connectivity index (χ1n) is 7.83. The maximum Gasteiger partial charge on any atom is 0.420 e. The van der Waals surface area contributed by atoms with E-state index in [9.17, 15) is 9.59 Å². The van der Waals surface area contributed by atoms with Gasteiger partial charge in [-0.15, -0.1) is 23.2 Å². The van der Waals surface area contributed by atoms with Gasteiger partial charge in [-0.1, -0.05) is 0 Å². The molecule has 1 rings (SSSR count). The Morgan fingerprint density at radius 1 is 1.00 bits per heavy atom. The van der Waals surface area contributed by atoms with Gasteiger partial charge in [0, 0.05) is 12.5 Å². The maximum absolute atomic E-state index is 12.5. The summed E-state index contributed by atoms with van der Waals surface area (Å²) in [5.41, 5.74) is -1.43. The van der Waals surface area contributed by atoms with E-state index in [0.29, 0.717) is 19.3 Å². The van der Waals surface area contributed by atoms with Crippen molar-refractivity contribution in [3.05, 3.63) is 0 Å². The fourth-order valence-electron chi connectivity index (χ4n) is 2.36. The third-order valence-corrected chi connectivity index (χ3v) is 3.85. The van der Waals surface area contributed by atoms with Crippen LogP contribution in [0.15, 0.2) is 0 Å². The molecule has 1 saturated carbocycles. The zero-order valence-electron chi connectivity index (χ0n) is 14.7. The first kappa shape index (κ1) is 20.4. The molecule has 5 nitrogen and oxygen atoms in total. The van der Waals surface area contributed by atoms with E-state index in [1.54, 1.807) is 41.5 Å². The largest absolute Gasteiger partial charge is 0.443 e. The monoisotopic (exact) mass is 367 g/mol. The Balaban J connectivity index is 3.00. The maximum atomic E-state index is 12.5. The van der Waals surface area contributed by atoms with Crippen molar-refractivity contribution in [2.75, 3.05) is 0 Å². The minimum atomic E-state index is -0.953. The summed E-state index contributed by atoms with van der Waals surface area (Å²) in [7, 11) is 0. The van der Waals surface area contributed by atoms with Crippen molar-refractivity contribution in [2.24, 2.45) is 0 Å². The molecular formula is C16H27Cl2NO4. The number of carbonyl (C=O) groups excluding carboxylic acids is 2. The molecule has 1 fully saturated rings. The third kappa shape index (κ3) is 7.17. The Kier molecular flexibility index (Phi) is 6.25. The van der Waals surface area contributed by atoms with Crippen LogP contribution in [0.25, 0.3) is 0 Å². The van der Waals surface area contributed by atoms with Crippen LogP contribution in [0.2, 0.25) is 0 Å². The van der Waals surface area contributed by atoms with E-state index in [1.165, 1.54) is 0 Å². The van der Waals surface area contributed by atoms with Crippen molar-refractivity contribution in [3.8, 4) is 0 Å². The molecule has 2 amide bonds. The lowest BCUT2D eigenvalue weighted by Crippen LogP contribution is -2.51. The minimum Gasteiger partial charge on any atom is -0.443 e. The van der Waals surface area contributed by atoms with E-state index in [4.69, 9.17) is 32.7 Å². The van der Waals surface area contributed by atoms with Crippen molar-refractivity contribution in [3.63, 3.8) is 0 Å². The zero-order valence-corrected chi connectivity index (χ0v) is 16.3. The number of alkyl halides is 2. The highest BCUT2D eigenvalue weighted by Gasteiger charge is 2.42. The van der Waals surface area contributed by atoms with Gasteiger partial charge in [0.1, 0.15) is 15.5 Å². The SMILES string of the molecule is CC(C)(C)OC(=O)N(C(=O)OC(C)(C)C)C1CCCC(Cl)(Cl)C1. The number of imide groups is 1. The highest BCUT2D eigenvalue weighted by Crippen LogP contribution is 2.40. The lowest BCUT2D eigenvalue weighted by Gasteiger charge is -2.38. The first-order valence-corrected chi connectivity index (χ1v) is 8.59. The molecule has 0 aromatic heterocycles. The van der Waals surface area contributed by atoms with Crippen LogP contribution in [-0.4, -0.2) is 38.7 Å². The molecule has 134 valence electrons. The van der Waals surface area contributed by atoms with E-state index in [2.05, 4.69) is 0 Å². The van der Waals surface area contributed by atoms with Crippen LogP contribution >= 0.6 is 23.2 Å². The Labute approximate surface area is 148 Å². The predicted molar refractivity (Wildman–Crippen MR) is 91.0 cm³/mol. The number of hydrogen-bond acceptors (Lipinski definition) is 4. The van der Waals surface area contributed by atoms with Crippen LogP contribution in [-0.2, 0) is 9.47 Å². The second-order valence-electron chi connectivity index (χ2n) is 7.94. The lowest BCUT2D eigenvalue weighted by molar-refractivity contribution is -0.0108. The molecule has 7 heteroatoms. The van der Waals surface area contributed by atoms with E-state index in [1.807, 2.05) is 0 Å². The van der Waals surface area contributed by atoms with Gasteiger partial charge < -0.3 is 9.47 Å². The Hall–Kier alpha value is -0.680. The van der Waals surface area contributed by atoms with E-state index >= 15 is 0 Å². The molecule has 0 saturated heterocycles. The number of halogens is 2. The van der Waals surface area contributed by atoms with E-state index in [-0.39, 0.29) is 0 Å². The molecule has 0 N–H and O–H groups in total. The van der Waals surface area contributed by atoms with Gasteiger partial charge in [-0.3, -0.25) is 0 Å². The van der Waals surface area contributed by atoms with Crippen molar-refractivity contribution in [1.82, 2.24) is 4.90 Å². The third-order valence-electron chi connectivity index (χ3n) is 3.16. The molecule has 0 heterocycles. The van der Waals surface area contributed by atoms with Gasteiger partial charge in [0.25, 0.3) is 0 Å². The quantitative estimate of drug-likeness (QED) is 0.591. The van der Waals surface area contributed by atoms with Crippen LogP contribution in [0.4, 0.5) is 9.59 Å². The molecule has 0 aromatic carbocycles. The van der Waals surface area contributed by atoms with Crippen LogP contribution < -0.4 is 0 Å². The van der Waals surface area contributed by atoms with E-state index < -0.39 is 33.8 Å². The van der Waals surface area contributed by atoms with Gasteiger partial charge in [-0.05, 0) is 60.8 Å². The topological polar surface area (TPSA) is 55.8 Å². The molecule has 0 spiro atoms. The molecule has 0 radical (unpaired) electrons. The van der Waals surface area contributed by atoms with Crippen molar-refractivity contribution in [1.29, 1.82) is 0 Å². The number of amides is 2. The number of ether oxygens (including phenoxy) is 2. The van der Waals surface area contributed by atoms with Crippen molar-refractivity contribution >= 4 is 35.4 Å². The zero-order chi connectivity index (χ0) is 18.1. The standard InChI is InChI=1S/C16H27Cl2NO4/c1-14(2,3)22-12(20)19(13(21)23-15(4,5)6)11-8-7-9-16(17,18)10-11/h11H,7-10H2,1-6H3. The smallest absolute Gasteiger partial charge is 0.420 e. The summed E-state index contributed by atoms with van der Waals surface area (Å²) in [6.07, 6.45) is 0.808. The second-order valence-corrected chi connectivity index (χ2v) is 9.58. The number of rotatable bonds is 1. The molecule has 1 unspecified atom stereocenters. The van der Waals surface area contributed by atoms with Crippen molar-refractivity contribution < 1.29 is 19.1 Å². The Morgan fingerprint density at radius 3 is 1.78 bits per heavy atom. The fraction of sp³-hybridized carbons (Fsp3) is 0.875. The second kappa shape index (κ2) is 7.06. The molecule has 23 heavy (non-hydrogen) atoms. The lowest BCUT2D eigenvalue weighted by atomic mass is 9.93. The summed E-state index contributed by atoms with van der Waals surface area (Å²) in [5.74, 6) is 0. The molecule has 0 aliphatic heterocycles. The van der Waals surface area contributed by atoms with Crippen LogP contribution in [0.1, 0.15) is 67.2 Å². The van der Waals surface area contributed by atoms with Crippen molar-refractivity contribution in [2.45, 2.75) is 88.8 Å². The fourth-order valence-corrected chi connectivity index (χ4v) is 2.98. The molecule has 1 aliphatic rings. The number of nitrogens with zero attached hydrogens (tertiary/aromatic N) is 1. The minimum absolute atomic E-state index is 0.300. The number of carbonyl (C=O) groups is 2. The predicted octanol–water partition coefficient (Wildman–Crippen LogP) is 5.28. The van der Waals surface area contributed by atoms with Gasteiger partial charge >= 0.3 is 12.2 Å². The van der Waals surface area contributed by atoms with Crippen LogP contribution in [0.3, 0.4) is 0 Å². The first-order chi connectivity index (χ1) is 10.2. The van der Waals surface area contributed by atoms with Gasteiger partial charge in [0.2, 0.25) is 0 Å². The van der Waals surface area contributed by atoms with Gasteiger partial charge in [-0.2, -0.15) is 0 Å². The molecule has 1 aliphatic carbocycles.